The number of hydrogen-bond donors (Lipinski definition) is 1. The van der Waals surface area contributed by atoms with Gasteiger partial charge in [-0.15, -0.1) is 0 Å². The molecule has 90 valence electrons. The van der Waals surface area contributed by atoms with E-state index in [0.29, 0.717) is 12.4 Å². The quantitative estimate of drug-likeness (QED) is 0.736. The predicted octanol–water partition coefficient (Wildman–Crippen LogP) is 1.54. The maximum absolute atomic E-state index is 5.47. The monoisotopic (exact) mass is 239 g/mol. The van der Waals surface area contributed by atoms with Gasteiger partial charge in [-0.25, -0.2) is 15.0 Å². The van der Waals surface area contributed by atoms with Crippen LogP contribution in [0.3, 0.4) is 0 Å². The molecule has 2 N–H and O–H groups in total. The Hall–Kier alpha value is -2.43. The molecule has 5 heteroatoms. The Morgan fingerprint density at radius 1 is 1.17 bits per heavy atom. The van der Waals surface area contributed by atoms with Crippen LogP contribution in [0.25, 0.3) is 11.0 Å². The van der Waals surface area contributed by atoms with Gasteiger partial charge in [-0.05, 0) is 17.7 Å². The maximum Gasteiger partial charge on any atom is 0.219 e. The Labute approximate surface area is 104 Å². The molecule has 3 rings (SSSR count). The summed E-state index contributed by atoms with van der Waals surface area (Å²) in [4.78, 5) is 12.6. The molecule has 18 heavy (non-hydrogen) atoms. The highest BCUT2D eigenvalue weighted by Crippen LogP contribution is 2.16. The zero-order chi connectivity index (χ0) is 12.5. The molecule has 0 saturated heterocycles. The highest BCUT2D eigenvalue weighted by atomic mass is 15.1. The highest BCUT2D eigenvalue weighted by Gasteiger charge is 2.08. The number of fused-ring (bicyclic) bond motifs is 1. The molecule has 0 spiro atoms. The van der Waals surface area contributed by atoms with Gasteiger partial charge in [-0.2, -0.15) is 0 Å². The van der Waals surface area contributed by atoms with Gasteiger partial charge in [0.2, 0.25) is 5.95 Å². The van der Waals surface area contributed by atoms with E-state index >= 15 is 0 Å². The number of imidazole rings is 1. The van der Waals surface area contributed by atoms with E-state index < -0.39 is 0 Å². The summed E-state index contributed by atoms with van der Waals surface area (Å²) in [6.07, 6.45) is 4.18. The lowest BCUT2D eigenvalue weighted by molar-refractivity contribution is 0.840. The van der Waals surface area contributed by atoms with E-state index in [-0.39, 0.29) is 0 Å². The first kappa shape index (κ1) is 10.7. The van der Waals surface area contributed by atoms with Gasteiger partial charge in [0.1, 0.15) is 5.82 Å². The summed E-state index contributed by atoms with van der Waals surface area (Å²) >= 11 is 0. The fraction of sp³-hybridized carbons (Fsp3) is 0.154. The molecule has 3 aromatic rings. The fourth-order valence-electron chi connectivity index (χ4n) is 1.99. The number of rotatable bonds is 2. The summed E-state index contributed by atoms with van der Waals surface area (Å²) in [6, 6.07) is 8.08. The van der Waals surface area contributed by atoms with Crippen molar-refractivity contribution in [1.29, 1.82) is 0 Å². The largest absolute Gasteiger partial charge is 0.368 e. The van der Waals surface area contributed by atoms with E-state index in [2.05, 4.69) is 25.6 Å². The van der Waals surface area contributed by atoms with Gasteiger partial charge in [-0.3, -0.25) is 0 Å². The van der Waals surface area contributed by atoms with Crippen LogP contribution in [-0.2, 0) is 13.5 Å². The van der Waals surface area contributed by atoms with Crippen molar-refractivity contribution >= 4 is 17.0 Å². The Balaban J connectivity index is 1.99. The van der Waals surface area contributed by atoms with E-state index in [9.17, 15) is 0 Å². The summed E-state index contributed by atoms with van der Waals surface area (Å²) < 4.78 is 2.09. The molecule has 0 unspecified atom stereocenters. The van der Waals surface area contributed by atoms with E-state index in [4.69, 9.17) is 5.73 Å². The van der Waals surface area contributed by atoms with Gasteiger partial charge < -0.3 is 10.3 Å². The van der Waals surface area contributed by atoms with Crippen LogP contribution in [0.15, 0.2) is 36.7 Å². The van der Waals surface area contributed by atoms with Crippen molar-refractivity contribution in [3.63, 3.8) is 0 Å². The van der Waals surface area contributed by atoms with Crippen molar-refractivity contribution in [1.82, 2.24) is 19.5 Å². The molecule has 0 radical (unpaired) electrons. The van der Waals surface area contributed by atoms with Crippen molar-refractivity contribution in [3.8, 4) is 0 Å². The number of aryl methyl sites for hydroxylation is 1. The first-order valence-corrected chi connectivity index (χ1v) is 5.71. The van der Waals surface area contributed by atoms with Crippen LogP contribution in [0.5, 0.6) is 0 Å². The Morgan fingerprint density at radius 2 is 1.89 bits per heavy atom. The third kappa shape index (κ3) is 1.79. The van der Waals surface area contributed by atoms with Crippen LogP contribution in [-0.4, -0.2) is 19.5 Å². The van der Waals surface area contributed by atoms with Crippen molar-refractivity contribution < 1.29 is 0 Å². The number of benzene rings is 1. The average molecular weight is 239 g/mol. The molecular formula is C13H13N5. The lowest BCUT2D eigenvalue weighted by Crippen LogP contribution is -2.01. The van der Waals surface area contributed by atoms with E-state index in [1.54, 1.807) is 12.4 Å². The SMILES string of the molecule is Cn1c(Cc2cnc(N)nc2)nc2ccccc21. The first-order chi connectivity index (χ1) is 8.74. The van der Waals surface area contributed by atoms with E-state index in [1.807, 2.05) is 25.2 Å². The third-order valence-electron chi connectivity index (χ3n) is 2.97. The minimum atomic E-state index is 0.295. The van der Waals surface area contributed by atoms with Crippen molar-refractivity contribution in [3.05, 3.63) is 48.0 Å². The molecule has 1 aromatic carbocycles. The normalized spacial score (nSPS) is 10.9. The van der Waals surface area contributed by atoms with Gasteiger partial charge in [0.15, 0.2) is 0 Å². The zero-order valence-electron chi connectivity index (χ0n) is 10.0. The minimum Gasteiger partial charge on any atom is -0.368 e. The fourth-order valence-corrected chi connectivity index (χ4v) is 1.99. The summed E-state index contributed by atoms with van der Waals surface area (Å²) in [5.74, 6) is 1.29. The van der Waals surface area contributed by atoms with Crippen LogP contribution < -0.4 is 5.73 Å². The number of para-hydroxylation sites is 2. The van der Waals surface area contributed by atoms with Crippen LogP contribution in [0.2, 0.25) is 0 Å². The number of anilines is 1. The predicted molar refractivity (Wildman–Crippen MR) is 70.0 cm³/mol. The number of hydrogen-bond acceptors (Lipinski definition) is 4. The lowest BCUT2D eigenvalue weighted by atomic mass is 10.2. The van der Waals surface area contributed by atoms with Crippen LogP contribution in [0.4, 0.5) is 5.95 Å². The van der Waals surface area contributed by atoms with Crippen LogP contribution >= 0.6 is 0 Å². The summed E-state index contributed by atoms with van der Waals surface area (Å²) in [5, 5.41) is 0. The standard InChI is InChI=1S/C13H13N5/c1-18-11-5-3-2-4-10(11)17-12(18)6-9-7-15-13(14)16-8-9/h2-5,7-8H,6H2,1H3,(H2,14,15,16). The maximum atomic E-state index is 5.47. The number of nitrogens with two attached hydrogens (primary N) is 1. The average Bonchev–Trinajstić information content (AvgIpc) is 2.70. The van der Waals surface area contributed by atoms with Crippen LogP contribution in [0, 0.1) is 0 Å². The Morgan fingerprint density at radius 3 is 2.61 bits per heavy atom. The van der Waals surface area contributed by atoms with Crippen molar-refractivity contribution in [2.75, 3.05) is 5.73 Å². The molecule has 2 heterocycles. The summed E-state index contributed by atoms with van der Waals surface area (Å²) in [6.45, 7) is 0. The molecular weight excluding hydrogens is 226 g/mol. The number of nitrogens with zero attached hydrogens (tertiary/aromatic N) is 4. The molecule has 0 atom stereocenters. The van der Waals surface area contributed by atoms with Gasteiger partial charge in [0, 0.05) is 25.9 Å². The molecule has 0 aliphatic heterocycles. The molecule has 0 aliphatic carbocycles. The second-order valence-corrected chi connectivity index (χ2v) is 4.20. The number of aromatic nitrogens is 4. The first-order valence-electron chi connectivity index (χ1n) is 5.71. The van der Waals surface area contributed by atoms with Crippen molar-refractivity contribution in [2.45, 2.75) is 6.42 Å². The lowest BCUT2D eigenvalue weighted by Gasteiger charge is -2.02. The van der Waals surface area contributed by atoms with Crippen molar-refractivity contribution in [2.24, 2.45) is 7.05 Å². The van der Waals surface area contributed by atoms with E-state index in [1.165, 1.54) is 0 Å². The molecule has 0 saturated carbocycles. The summed E-state index contributed by atoms with van der Waals surface area (Å²) in [5.41, 5.74) is 8.61. The van der Waals surface area contributed by atoms with Gasteiger partial charge >= 0.3 is 0 Å². The molecule has 2 aromatic heterocycles. The Bertz CT molecular complexity index is 684. The molecule has 0 amide bonds. The highest BCUT2D eigenvalue weighted by molar-refractivity contribution is 5.75. The Kier molecular flexibility index (Phi) is 2.44. The molecule has 0 aliphatic rings. The topological polar surface area (TPSA) is 69.6 Å². The van der Waals surface area contributed by atoms with E-state index in [0.717, 1.165) is 22.4 Å². The molecule has 0 fully saturated rings. The number of nitrogen functional groups attached to an aromatic ring is 1. The van der Waals surface area contributed by atoms with Gasteiger partial charge in [-0.1, -0.05) is 12.1 Å². The smallest absolute Gasteiger partial charge is 0.219 e. The summed E-state index contributed by atoms with van der Waals surface area (Å²) in [7, 11) is 2.02. The van der Waals surface area contributed by atoms with Crippen LogP contribution in [0.1, 0.15) is 11.4 Å². The molecule has 0 bridgehead atoms. The second kappa shape index (κ2) is 4.10. The van der Waals surface area contributed by atoms with Gasteiger partial charge in [0.05, 0.1) is 11.0 Å². The molecule has 5 nitrogen and oxygen atoms in total. The third-order valence-corrected chi connectivity index (χ3v) is 2.97. The van der Waals surface area contributed by atoms with Gasteiger partial charge in [0.25, 0.3) is 0 Å². The second-order valence-electron chi connectivity index (χ2n) is 4.20. The minimum absolute atomic E-state index is 0.295. The zero-order valence-corrected chi connectivity index (χ0v) is 10.0.